The smallest absolute Gasteiger partial charge is 0.161 e. The van der Waals surface area contributed by atoms with Crippen molar-refractivity contribution in [2.75, 3.05) is 26.9 Å². The molecule has 1 aliphatic rings. The maximum Gasteiger partial charge on any atom is 0.161 e. The van der Waals surface area contributed by atoms with Gasteiger partial charge in [-0.05, 0) is 66.8 Å². The van der Waals surface area contributed by atoms with Gasteiger partial charge in [0.05, 0.1) is 20.3 Å². The summed E-state index contributed by atoms with van der Waals surface area (Å²) in [5.74, 6) is 1.99. The van der Waals surface area contributed by atoms with Gasteiger partial charge in [0.25, 0.3) is 0 Å². The van der Waals surface area contributed by atoms with Crippen LogP contribution >= 0.6 is 0 Å². The van der Waals surface area contributed by atoms with Crippen molar-refractivity contribution in [2.24, 2.45) is 5.92 Å². The Hall–Kier alpha value is -2.50. The van der Waals surface area contributed by atoms with Crippen LogP contribution in [0.15, 0.2) is 42.5 Å². The molecule has 0 bridgehead atoms. The molecular weight excluding hydrogens is 376 g/mol. The van der Waals surface area contributed by atoms with Gasteiger partial charge in [-0.3, -0.25) is 4.90 Å². The molecule has 160 valence electrons. The summed E-state index contributed by atoms with van der Waals surface area (Å²) in [5.41, 5.74) is 4.59. The summed E-state index contributed by atoms with van der Waals surface area (Å²) in [7, 11) is 1.67. The number of aromatic nitrogens is 1. The first-order chi connectivity index (χ1) is 14.6. The van der Waals surface area contributed by atoms with Crippen molar-refractivity contribution < 1.29 is 14.6 Å². The number of aliphatic hydroxyl groups excluding tert-OH is 1. The predicted octanol–water partition coefficient (Wildman–Crippen LogP) is 4.84. The Morgan fingerprint density at radius 1 is 1.10 bits per heavy atom. The van der Waals surface area contributed by atoms with E-state index in [2.05, 4.69) is 60.1 Å². The molecule has 0 spiro atoms. The van der Waals surface area contributed by atoms with Crippen molar-refractivity contribution >= 4 is 10.9 Å². The number of methoxy groups -OCH3 is 1. The van der Waals surface area contributed by atoms with Crippen LogP contribution in [0.3, 0.4) is 0 Å². The molecular formula is C25H32N2O3. The summed E-state index contributed by atoms with van der Waals surface area (Å²) in [5, 5.41) is 10.8. The number of aromatic amines is 1. The van der Waals surface area contributed by atoms with E-state index in [4.69, 9.17) is 9.47 Å². The predicted molar refractivity (Wildman–Crippen MR) is 121 cm³/mol. The van der Waals surface area contributed by atoms with E-state index in [0.29, 0.717) is 12.5 Å². The Balaban J connectivity index is 1.58. The Bertz CT molecular complexity index is 995. The standard InChI is InChI=1S/C25H32N2O3/c1-17(2)16-30-25-13-19(7-9-24(25)29-3)18-6-8-23-20(11-18)12-21(26-23)14-27-10-4-5-22(27)15-28/h6-9,11-13,17,22,26,28H,4-5,10,14-16H2,1-3H3/t22-/m1/s1. The third-order valence-electron chi connectivity index (χ3n) is 5.83. The second-order valence-electron chi connectivity index (χ2n) is 8.62. The number of nitrogens with zero attached hydrogens (tertiary/aromatic N) is 1. The molecule has 0 amide bonds. The number of aliphatic hydroxyl groups is 1. The highest BCUT2D eigenvalue weighted by atomic mass is 16.5. The quantitative estimate of drug-likeness (QED) is 0.560. The zero-order chi connectivity index (χ0) is 21.1. The number of benzene rings is 2. The maximum atomic E-state index is 9.57. The van der Waals surface area contributed by atoms with Crippen LogP contribution in [0.1, 0.15) is 32.4 Å². The molecule has 4 rings (SSSR count). The molecule has 30 heavy (non-hydrogen) atoms. The van der Waals surface area contributed by atoms with Crippen molar-refractivity contribution in [1.82, 2.24) is 9.88 Å². The molecule has 1 fully saturated rings. The van der Waals surface area contributed by atoms with E-state index in [1.165, 1.54) is 11.1 Å². The van der Waals surface area contributed by atoms with Gasteiger partial charge in [-0.25, -0.2) is 0 Å². The normalized spacial score (nSPS) is 17.2. The van der Waals surface area contributed by atoms with Gasteiger partial charge in [0.15, 0.2) is 11.5 Å². The highest BCUT2D eigenvalue weighted by Crippen LogP contribution is 2.34. The van der Waals surface area contributed by atoms with Crippen molar-refractivity contribution in [3.63, 3.8) is 0 Å². The molecule has 1 atom stereocenters. The SMILES string of the molecule is COc1ccc(-c2ccc3[nH]c(CN4CCC[C@@H]4CO)cc3c2)cc1OCC(C)C. The van der Waals surface area contributed by atoms with Gasteiger partial charge in [-0.1, -0.05) is 26.0 Å². The topological polar surface area (TPSA) is 57.7 Å². The Labute approximate surface area is 178 Å². The molecule has 5 nitrogen and oxygen atoms in total. The number of H-pyrrole nitrogens is 1. The van der Waals surface area contributed by atoms with E-state index in [1.54, 1.807) is 7.11 Å². The minimum Gasteiger partial charge on any atom is -0.493 e. The fourth-order valence-electron chi connectivity index (χ4n) is 4.21. The first kappa shape index (κ1) is 20.8. The van der Waals surface area contributed by atoms with Crippen molar-refractivity contribution in [2.45, 2.75) is 39.3 Å². The van der Waals surface area contributed by atoms with Crippen LogP contribution in [0.2, 0.25) is 0 Å². The molecule has 0 aliphatic carbocycles. The fraction of sp³-hybridized carbons (Fsp3) is 0.440. The van der Waals surface area contributed by atoms with Crippen LogP contribution < -0.4 is 9.47 Å². The zero-order valence-corrected chi connectivity index (χ0v) is 18.1. The molecule has 3 aromatic rings. The largest absolute Gasteiger partial charge is 0.493 e. The number of hydrogen-bond acceptors (Lipinski definition) is 4. The maximum absolute atomic E-state index is 9.57. The van der Waals surface area contributed by atoms with Crippen LogP contribution in [-0.2, 0) is 6.54 Å². The van der Waals surface area contributed by atoms with E-state index in [0.717, 1.165) is 54.1 Å². The van der Waals surface area contributed by atoms with E-state index in [9.17, 15) is 5.11 Å². The Morgan fingerprint density at radius 3 is 2.67 bits per heavy atom. The number of ether oxygens (including phenoxy) is 2. The van der Waals surface area contributed by atoms with Gasteiger partial charge in [-0.15, -0.1) is 0 Å². The second-order valence-corrected chi connectivity index (χ2v) is 8.62. The van der Waals surface area contributed by atoms with Gasteiger partial charge < -0.3 is 19.6 Å². The average molecular weight is 409 g/mol. The van der Waals surface area contributed by atoms with Crippen LogP contribution in [0.4, 0.5) is 0 Å². The van der Waals surface area contributed by atoms with Crippen molar-refractivity contribution in [3.05, 3.63) is 48.2 Å². The number of fused-ring (bicyclic) bond motifs is 1. The number of rotatable bonds is 8. The van der Waals surface area contributed by atoms with Crippen LogP contribution in [-0.4, -0.2) is 47.9 Å². The summed E-state index contributed by atoms with van der Waals surface area (Å²) >= 11 is 0. The fourth-order valence-corrected chi connectivity index (χ4v) is 4.21. The zero-order valence-electron chi connectivity index (χ0n) is 18.1. The molecule has 0 radical (unpaired) electrons. The highest BCUT2D eigenvalue weighted by Gasteiger charge is 2.24. The lowest BCUT2D eigenvalue weighted by Gasteiger charge is -2.21. The highest BCUT2D eigenvalue weighted by molar-refractivity contribution is 5.86. The van der Waals surface area contributed by atoms with Crippen molar-refractivity contribution in [1.29, 1.82) is 0 Å². The van der Waals surface area contributed by atoms with Gasteiger partial charge in [-0.2, -0.15) is 0 Å². The lowest BCUT2D eigenvalue weighted by molar-refractivity contribution is 0.152. The lowest BCUT2D eigenvalue weighted by Crippen LogP contribution is -2.31. The van der Waals surface area contributed by atoms with E-state index in [-0.39, 0.29) is 12.6 Å². The molecule has 1 saturated heterocycles. The molecule has 1 aliphatic heterocycles. The molecule has 2 heterocycles. The average Bonchev–Trinajstić information content (AvgIpc) is 3.37. The first-order valence-electron chi connectivity index (χ1n) is 10.8. The Morgan fingerprint density at radius 2 is 1.90 bits per heavy atom. The number of nitrogens with one attached hydrogen (secondary N) is 1. The first-order valence-corrected chi connectivity index (χ1v) is 10.8. The number of hydrogen-bond donors (Lipinski definition) is 2. The minimum atomic E-state index is 0.239. The van der Waals surface area contributed by atoms with Crippen LogP contribution in [0.5, 0.6) is 11.5 Å². The van der Waals surface area contributed by atoms with E-state index in [1.807, 2.05) is 6.07 Å². The van der Waals surface area contributed by atoms with Crippen molar-refractivity contribution in [3.8, 4) is 22.6 Å². The molecule has 0 saturated carbocycles. The number of likely N-dealkylation sites (tertiary alicyclic amines) is 1. The molecule has 2 aromatic carbocycles. The summed E-state index contributed by atoms with van der Waals surface area (Å²) in [4.78, 5) is 5.91. The summed E-state index contributed by atoms with van der Waals surface area (Å²) in [6, 6.07) is 15.1. The molecule has 2 N–H and O–H groups in total. The summed E-state index contributed by atoms with van der Waals surface area (Å²) in [6.45, 7) is 7.08. The van der Waals surface area contributed by atoms with Gasteiger partial charge in [0.2, 0.25) is 0 Å². The van der Waals surface area contributed by atoms with Gasteiger partial charge in [0.1, 0.15) is 0 Å². The van der Waals surface area contributed by atoms with E-state index < -0.39 is 0 Å². The third-order valence-corrected chi connectivity index (χ3v) is 5.83. The van der Waals surface area contributed by atoms with Gasteiger partial charge >= 0.3 is 0 Å². The second kappa shape index (κ2) is 9.11. The Kier molecular flexibility index (Phi) is 6.30. The lowest BCUT2D eigenvalue weighted by atomic mass is 10.0. The van der Waals surface area contributed by atoms with Gasteiger partial charge in [0, 0.05) is 29.2 Å². The minimum absolute atomic E-state index is 0.239. The van der Waals surface area contributed by atoms with Crippen LogP contribution in [0.25, 0.3) is 22.0 Å². The molecule has 1 aromatic heterocycles. The monoisotopic (exact) mass is 408 g/mol. The summed E-state index contributed by atoms with van der Waals surface area (Å²) < 4.78 is 11.5. The van der Waals surface area contributed by atoms with E-state index >= 15 is 0 Å². The van der Waals surface area contributed by atoms with Crippen LogP contribution in [0, 0.1) is 5.92 Å². The molecule has 5 heteroatoms. The summed E-state index contributed by atoms with van der Waals surface area (Å²) in [6.07, 6.45) is 2.24. The molecule has 0 unspecified atom stereocenters. The third kappa shape index (κ3) is 4.47.